The largest absolute Gasteiger partial charge is 0.872 e. The van der Waals surface area contributed by atoms with E-state index in [4.69, 9.17) is 5.11 Å². The average Bonchev–Trinajstić information content (AvgIpc) is 1.69. The van der Waals surface area contributed by atoms with Crippen molar-refractivity contribution in [2.45, 2.75) is 0 Å². The number of aliphatic carboxylic acids is 1. The second kappa shape index (κ2) is 2.64. The van der Waals surface area contributed by atoms with Gasteiger partial charge in [-0.1, -0.05) is 0 Å². The van der Waals surface area contributed by atoms with E-state index in [0.717, 1.165) is 0 Å². The number of nitrogens with zero attached hydrogens (tertiary/aromatic N) is 1. The zero-order chi connectivity index (χ0) is 6.57. The van der Waals surface area contributed by atoms with Crippen molar-refractivity contribution in [1.29, 1.82) is 0 Å². The summed E-state index contributed by atoms with van der Waals surface area (Å²) in [6.45, 7) is 4.46. The lowest BCUT2D eigenvalue weighted by atomic mass is 10.5. The van der Waals surface area contributed by atoms with Crippen LogP contribution in [0.4, 0.5) is 0 Å². The lowest BCUT2D eigenvalue weighted by Gasteiger charge is -1.80. The van der Waals surface area contributed by atoms with Gasteiger partial charge in [-0.2, -0.15) is 0 Å². The van der Waals surface area contributed by atoms with Gasteiger partial charge in [0.25, 0.3) is 6.57 Å². The summed E-state index contributed by atoms with van der Waals surface area (Å²) in [5.74, 6) is -1.41. The molecule has 0 amide bonds. The fourth-order valence-electron chi connectivity index (χ4n) is 0.136. The highest BCUT2D eigenvalue weighted by molar-refractivity contribution is 5.88. The minimum absolute atomic E-state index is 0.0718. The van der Waals surface area contributed by atoms with Gasteiger partial charge in [0.1, 0.15) is 0 Å². The van der Waals surface area contributed by atoms with Gasteiger partial charge in [-0.25, -0.2) is 4.79 Å². The number of carboxylic acid groups (broad SMARTS) is 1. The Labute approximate surface area is 45.5 Å². The second-order valence-electron chi connectivity index (χ2n) is 0.937. The summed E-state index contributed by atoms with van der Waals surface area (Å²) in [6.07, 6.45) is 0.0718. The molecule has 0 aliphatic carbocycles. The van der Waals surface area contributed by atoms with Gasteiger partial charge >= 0.3 is 11.7 Å². The van der Waals surface area contributed by atoms with Crippen molar-refractivity contribution in [3.05, 3.63) is 16.8 Å². The van der Waals surface area contributed by atoms with Crippen molar-refractivity contribution in [1.82, 2.24) is 0 Å². The summed E-state index contributed by atoms with van der Waals surface area (Å²) in [5, 5.41) is 17.5. The van der Waals surface area contributed by atoms with Crippen LogP contribution >= 0.6 is 0 Å². The number of carbonyl (C=O) groups is 1. The maximum absolute atomic E-state index is 9.72. The first-order chi connectivity index (χ1) is 3.72. The van der Waals surface area contributed by atoms with Crippen molar-refractivity contribution >= 4 is 5.97 Å². The fraction of sp³-hybridized carbons (Fsp3) is 0. The van der Waals surface area contributed by atoms with E-state index < -0.39 is 11.7 Å². The molecule has 0 rings (SSSR count). The molecule has 0 fully saturated rings. The smallest absolute Gasteiger partial charge is 0.419 e. The van der Waals surface area contributed by atoms with E-state index in [-0.39, 0.29) is 6.26 Å². The van der Waals surface area contributed by atoms with Crippen LogP contribution in [-0.4, -0.2) is 11.1 Å². The molecule has 4 heteroatoms. The highest BCUT2D eigenvalue weighted by atomic mass is 16.4. The monoisotopic (exact) mass is 113 g/mol. The Hall–Kier alpha value is -1.50. The molecule has 0 spiro atoms. The highest BCUT2D eigenvalue weighted by Gasteiger charge is 2.11. The Bertz CT molecular complexity index is 165. The van der Waals surface area contributed by atoms with E-state index in [1.807, 2.05) is 0 Å². The van der Waals surface area contributed by atoms with Crippen LogP contribution in [0, 0.1) is 6.57 Å². The van der Waals surface area contributed by atoms with Crippen molar-refractivity contribution in [2.75, 3.05) is 0 Å². The van der Waals surface area contributed by atoms with E-state index in [2.05, 4.69) is 11.4 Å². The molecule has 0 saturated heterocycles. The summed E-state index contributed by atoms with van der Waals surface area (Å²) in [7, 11) is 0. The minimum Gasteiger partial charge on any atom is -0.872 e. The highest BCUT2D eigenvalue weighted by Crippen LogP contribution is 1.89. The van der Waals surface area contributed by atoms with E-state index >= 15 is 0 Å². The van der Waals surface area contributed by atoms with Crippen molar-refractivity contribution in [3.8, 4) is 6.57 Å². The molecule has 0 saturated carbocycles. The van der Waals surface area contributed by atoms with Crippen molar-refractivity contribution in [3.63, 3.8) is 0 Å². The van der Waals surface area contributed by atoms with Gasteiger partial charge in [0.05, 0.1) is 0 Å². The normalized spacial score (nSPS) is 10.1. The molecule has 8 heavy (non-hydrogen) atoms. The van der Waals surface area contributed by atoms with Crippen LogP contribution in [0.1, 0.15) is 0 Å². The SMILES string of the molecule is C#[N+]/C(=C\[O-])C(=O)O. The van der Waals surface area contributed by atoms with Gasteiger partial charge < -0.3 is 10.2 Å². The third-order valence-corrected chi connectivity index (χ3v) is 0.470. The Kier molecular flexibility index (Phi) is 2.14. The van der Waals surface area contributed by atoms with E-state index in [1.165, 1.54) is 0 Å². The molecule has 4 nitrogen and oxygen atoms in total. The molecule has 0 bridgehead atoms. The predicted octanol–water partition coefficient (Wildman–Crippen LogP) is -0.765. The maximum Gasteiger partial charge on any atom is 0.419 e. The Morgan fingerprint density at radius 2 is 2.38 bits per heavy atom. The summed E-state index contributed by atoms with van der Waals surface area (Å²) in [6, 6.07) is 0. The van der Waals surface area contributed by atoms with Crippen LogP contribution in [0.15, 0.2) is 12.0 Å². The van der Waals surface area contributed by atoms with Crippen LogP contribution in [0.5, 0.6) is 0 Å². The summed E-state index contributed by atoms with van der Waals surface area (Å²) in [4.78, 5) is 12.4. The molecule has 0 aliphatic heterocycles. The Morgan fingerprint density at radius 3 is 2.38 bits per heavy atom. The molecule has 0 aromatic carbocycles. The standard InChI is InChI=1S/C4H3NO3/c1-5-3(2-6)4(7)8/h1-2H,(H-,6,7,8)/b3-2-. The van der Waals surface area contributed by atoms with Gasteiger partial charge in [-0.3, -0.25) is 0 Å². The van der Waals surface area contributed by atoms with Gasteiger partial charge in [-0.15, -0.1) is 0 Å². The quantitative estimate of drug-likeness (QED) is 0.359. The van der Waals surface area contributed by atoms with Crippen LogP contribution in [0.25, 0.3) is 4.85 Å². The molecular formula is C4H3NO3. The fourth-order valence-corrected chi connectivity index (χ4v) is 0.136. The van der Waals surface area contributed by atoms with Crippen LogP contribution in [-0.2, 0) is 4.79 Å². The molecule has 0 aliphatic rings. The first-order valence-corrected chi connectivity index (χ1v) is 1.68. The molecular weight excluding hydrogens is 110 g/mol. The molecule has 0 aromatic rings. The predicted molar refractivity (Wildman–Crippen MR) is 24.0 cm³/mol. The number of hydrogen-bond donors (Lipinski definition) is 1. The zero-order valence-corrected chi connectivity index (χ0v) is 3.87. The third-order valence-electron chi connectivity index (χ3n) is 0.470. The van der Waals surface area contributed by atoms with Crippen LogP contribution < -0.4 is 5.11 Å². The minimum atomic E-state index is -1.41. The number of carboxylic acids is 1. The van der Waals surface area contributed by atoms with Gasteiger partial charge in [0, 0.05) is 0 Å². The average molecular weight is 113 g/mol. The van der Waals surface area contributed by atoms with E-state index in [0.29, 0.717) is 0 Å². The molecule has 1 N–H and O–H groups in total. The van der Waals surface area contributed by atoms with Crippen molar-refractivity contribution in [2.24, 2.45) is 0 Å². The Balaban J connectivity index is 4.20. The maximum atomic E-state index is 9.72. The van der Waals surface area contributed by atoms with Crippen molar-refractivity contribution < 1.29 is 15.0 Å². The van der Waals surface area contributed by atoms with Gasteiger partial charge in [0.15, 0.2) is 0 Å². The molecule has 0 radical (unpaired) electrons. The topological polar surface area (TPSA) is 64.7 Å². The zero-order valence-electron chi connectivity index (χ0n) is 3.87. The lowest BCUT2D eigenvalue weighted by Crippen LogP contribution is -2.00. The summed E-state index contributed by atoms with van der Waals surface area (Å²) >= 11 is 0. The van der Waals surface area contributed by atoms with Gasteiger partial charge in [0.2, 0.25) is 0 Å². The first-order valence-electron chi connectivity index (χ1n) is 1.68. The second-order valence-corrected chi connectivity index (χ2v) is 0.937. The van der Waals surface area contributed by atoms with E-state index in [1.54, 1.807) is 0 Å². The molecule has 0 unspecified atom stereocenters. The molecule has 0 heterocycles. The molecule has 42 valence electrons. The third kappa shape index (κ3) is 1.30. The molecule has 0 aromatic heterocycles. The molecule has 0 atom stereocenters. The number of rotatable bonds is 1. The first kappa shape index (κ1) is 6.50. The summed E-state index contributed by atoms with van der Waals surface area (Å²) < 4.78 is 0. The van der Waals surface area contributed by atoms with Gasteiger partial charge in [-0.05, 0) is 11.1 Å². The number of hydrogen-bond acceptors (Lipinski definition) is 2. The lowest BCUT2D eigenvalue weighted by molar-refractivity contribution is -0.275. The van der Waals surface area contributed by atoms with E-state index in [9.17, 15) is 9.90 Å². The summed E-state index contributed by atoms with van der Waals surface area (Å²) in [5.41, 5.74) is -0.676. The Morgan fingerprint density at radius 1 is 1.88 bits per heavy atom. The van der Waals surface area contributed by atoms with Crippen LogP contribution in [0.2, 0.25) is 0 Å². The van der Waals surface area contributed by atoms with Crippen LogP contribution in [0.3, 0.4) is 0 Å².